The molecule has 0 saturated carbocycles. The highest BCUT2D eigenvalue weighted by Crippen LogP contribution is 2.33. The van der Waals surface area contributed by atoms with Crippen LogP contribution < -0.4 is 10.6 Å². The molecule has 0 aliphatic carbocycles. The first-order valence-corrected chi connectivity index (χ1v) is 12.3. The molecule has 0 aromatic heterocycles. The molecule has 202 valence electrons. The predicted octanol–water partition coefficient (Wildman–Crippen LogP) is 6.49. The molecule has 4 aromatic rings. The summed E-state index contributed by atoms with van der Waals surface area (Å²) < 4.78 is 38.9. The number of carbonyl (C=O) groups excluding carboxylic acids is 2. The topological polar surface area (TPSA) is 101 Å². The van der Waals surface area contributed by atoms with Crippen LogP contribution in [0.3, 0.4) is 0 Å². The Morgan fingerprint density at radius 3 is 2.38 bits per heavy atom. The van der Waals surface area contributed by atoms with E-state index >= 15 is 0 Å². The van der Waals surface area contributed by atoms with Gasteiger partial charge in [-0.15, -0.1) is 0 Å². The molecule has 5 rings (SSSR count). The molecule has 0 fully saturated rings. The van der Waals surface area contributed by atoms with Crippen molar-refractivity contribution in [3.05, 3.63) is 129 Å². The van der Waals surface area contributed by atoms with Crippen molar-refractivity contribution in [3.8, 4) is 11.1 Å². The maximum absolute atomic E-state index is 13.2. The number of alkyl halides is 3. The Morgan fingerprint density at radius 2 is 1.65 bits per heavy atom. The standard InChI is InChI=1S/C30H22F3N3O4/c31-30(32,33)21-11-9-18(10-12-21)23-6-2-3-7-25(23)29(38)35-22-13-14-24-20(15-22)17-34-28(24)27(37)16-19-5-1-4-8-26(19)36(39)40/h1-15,28,34H,16-17H2,(H,35,38). The molecule has 7 nitrogen and oxygen atoms in total. The lowest BCUT2D eigenvalue weighted by Crippen LogP contribution is -2.23. The quantitative estimate of drug-likeness (QED) is 0.204. The van der Waals surface area contributed by atoms with Crippen molar-refractivity contribution in [2.24, 2.45) is 0 Å². The molecule has 0 bridgehead atoms. The van der Waals surface area contributed by atoms with Gasteiger partial charge < -0.3 is 5.32 Å². The Bertz CT molecular complexity index is 1620. The van der Waals surface area contributed by atoms with Crippen LogP contribution in [-0.2, 0) is 23.9 Å². The first-order chi connectivity index (χ1) is 19.1. The molecule has 1 heterocycles. The first kappa shape index (κ1) is 26.8. The van der Waals surface area contributed by atoms with Crippen molar-refractivity contribution in [1.82, 2.24) is 5.32 Å². The summed E-state index contributed by atoms with van der Waals surface area (Å²) in [6.45, 7) is 0.370. The maximum atomic E-state index is 13.2. The number of nitro benzene ring substituents is 1. The summed E-state index contributed by atoms with van der Waals surface area (Å²) in [6, 6.07) is 21.9. The van der Waals surface area contributed by atoms with Crippen LogP contribution in [0.15, 0.2) is 91.0 Å². The van der Waals surface area contributed by atoms with E-state index < -0.39 is 28.6 Å². The molecule has 1 amide bonds. The number of nitro groups is 1. The number of hydrogen-bond acceptors (Lipinski definition) is 5. The van der Waals surface area contributed by atoms with Gasteiger partial charge in [-0.3, -0.25) is 25.0 Å². The minimum Gasteiger partial charge on any atom is -0.322 e. The minimum atomic E-state index is -4.46. The number of anilines is 1. The highest BCUT2D eigenvalue weighted by molar-refractivity contribution is 6.08. The monoisotopic (exact) mass is 545 g/mol. The van der Waals surface area contributed by atoms with Crippen molar-refractivity contribution in [2.45, 2.75) is 25.2 Å². The fourth-order valence-corrected chi connectivity index (χ4v) is 4.83. The van der Waals surface area contributed by atoms with Gasteiger partial charge in [0.1, 0.15) is 0 Å². The fraction of sp³-hybridized carbons (Fsp3) is 0.133. The third-order valence-electron chi connectivity index (χ3n) is 6.78. The normalized spacial score (nSPS) is 14.4. The zero-order valence-corrected chi connectivity index (χ0v) is 20.9. The van der Waals surface area contributed by atoms with E-state index in [-0.39, 0.29) is 17.9 Å². The number of para-hydroxylation sites is 1. The van der Waals surface area contributed by atoms with Crippen LogP contribution in [0.25, 0.3) is 11.1 Å². The lowest BCUT2D eigenvalue weighted by molar-refractivity contribution is -0.385. The van der Waals surface area contributed by atoms with Gasteiger partial charge in [-0.1, -0.05) is 54.6 Å². The Balaban J connectivity index is 1.32. The number of carbonyl (C=O) groups is 2. The second-order valence-electron chi connectivity index (χ2n) is 9.33. The molecule has 10 heteroatoms. The van der Waals surface area contributed by atoms with Crippen LogP contribution in [0.1, 0.15) is 38.7 Å². The molecule has 0 spiro atoms. The number of ketones is 1. The third kappa shape index (κ3) is 5.48. The Labute approximate surface area is 226 Å². The second kappa shape index (κ2) is 10.7. The van der Waals surface area contributed by atoms with Crippen molar-refractivity contribution in [3.63, 3.8) is 0 Å². The van der Waals surface area contributed by atoms with Gasteiger partial charge in [0.25, 0.3) is 11.6 Å². The minimum absolute atomic E-state index is 0.104. The molecular weight excluding hydrogens is 523 g/mol. The summed E-state index contributed by atoms with van der Waals surface area (Å²) in [5.74, 6) is -0.652. The molecule has 0 saturated heterocycles. The molecule has 0 radical (unpaired) electrons. The number of benzene rings is 4. The zero-order chi connectivity index (χ0) is 28.4. The van der Waals surface area contributed by atoms with Gasteiger partial charge in [0, 0.05) is 35.8 Å². The maximum Gasteiger partial charge on any atom is 0.416 e. The summed E-state index contributed by atoms with van der Waals surface area (Å²) >= 11 is 0. The average molecular weight is 546 g/mol. The lowest BCUT2D eigenvalue weighted by atomic mass is 9.96. The SMILES string of the molecule is O=C(Nc1ccc2c(c1)CNC2C(=O)Cc1ccccc1[N+](=O)[O-])c1ccccc1-c1ccc(C(F)(F)F)cc1. The first-order valence-electron chi connectivity index (χ1n) is 12.3. The molecule has 1 aliphatic heterocycles. The largest absolute Gasteiger partial charge is 0.416 e. The molecule has 40 heavy (non-hydrogen) atoms. The van der Waals surface area contributed by atoms with Crippen molar-refractivity contribution in [1.29, 1.82) is 0 Å². The number of rotatable bonds is 7. The van der Waals surface area contributed by atoms with Crippen LogP contribution in [0.4, 0.5) is 24.5 Å². The molecular formula is C30H22F3N3O4. The highest BCUT2D eigenvalue weighted by atomic mass is 19.4. The van der Waals surface area contributed by atoms with Crippen LogP contribution in [0.2, 0.25) is 0 Å². The van der Waals surface area contributed by atoms with E-state index in [0.29, 0.717) is 34.5 Å². The number of amides is 1. The van der Waals surface area contributed by atoms with Gasteiger partial charge in [0.2, 0.25) is 0 Å². The van der Waals surface area contributed by atoms with Gasteiger partial charge >= 0.3 is 6.18 Å². The van der Waals surface area contributed by atoms with E-state index in [4.69, 9.17) is 0 Å². The molecule has 4 aromatic carbocycles. The van der Waals surface area contributed by atoms with E-state index in [1.807, 2.05) is 0 Å². The van der Waals surface area contributed by atoms with E-state index in [1.165, 1.54) is 18.2 Å². The number of fused-ring (bicyclic) bond motifs is 1. The fourth-order valence-electron chi connectivity index (χ4n) is 4.83. The number of Topliss-reactive ketones (excluding diaryl/α,β-unsaturated/α-hetero) is 1. The zero-order valence-electron chi connectivity index (χ0n) is 20.9. The number of hydrogen-bond donors (Lipinski definition) is 2. The Morgan fingerprint density at radius 1 is 0.950 bits per heavy atom. The van der Waals surface area contributed by atoms with Gasteiger partial charge in [-0.2, -0.15) is 13.2 Å². The molecule has 1 aliphatic rings. The van der Waals surface area contributed by atoms with Crippen LogP contribution in [0.5, 0.6) is 0 Å². The number of nitrogens with one attached hydrogen (secondary N) is 2. The van der Waals surface area contributed by atoms with E-state index in [0.717, 1.165) is 23.3 Å². The number of halogens is 3. The summed E-state index contributed by atoms with van der Waals surface area (Å²) in [6.07, 6.45) is -4.56. The predicted molar refractivity (Wildman–Crippen MR) is 143 cm³/mol. The van der Waals surface area contributed by atoms with Crippen LogP contribution >= 0.6 is 0 Å². The Hall–Kier alpha value is -4.83. The third-order valence-corrected chi connectivity index (χ3v) is 6.78. The second-order valence-corrected chi connectivity index (χ2v) is 9.33. The highest BCUT2D eigenvalue weighted by Gasteiger charge is 2.31. The summed E-state index contributed by atoms with van der Waals surface area (Å²) in [5, 5.41) is 17.3. The van der Waals surface area contributed by atoms with Crippen LogP contribution in [-0.4, -0.2) is 16.6 Å². The molecule has 2 N–H and O–H groups in total. The lowest BCUT2D eigenvalue weighted by Gasteiger charge is -2.13. The number of nitrogens with zero attached hydrogens (tertiary/aromatic N) is 1. The van der Waals surface area contributed by atoms with Gasteiger partial charge in [0.15, 0.2) is 5.78 Å². The van der Waals surface area contributed by atoms with Crippen molar-refractivity contribution < 1.29 is 27.7 Å². The summed E-state index contributed by atoms with van der Waals surface area (Å²) in [5.41, 5.74) is 2.71. The van der Waals surface area contributed by atoms with Crippen molar-refractivity contribution in [2.75, 3.05) is 5.32 Å². The summed E-state index contributed by atoms with van der Waals surface area (Å²) in [4.78, 5) is 37.0. The average Bonchev–Trinajstić information content (AvgIpc) is 3.36. The summed E-state index contributed by atoms with van der Waals surface area (Å²) in [7, 11) is 0. The van der Waals surface area contributed by atoms with Crippen molar-refractivity contribution >= 4 is 23.1 Å². The van der Waals surface area contributed by atoms with E-state index in [9.17, 15) is 32.9 Å². The smallest absolute Gasteiger partial charge is 0.322 e. The van der Waals surface area contributed by atoms with Gasteiger partial charge in [0.05, 0.1) is 16.5 Å². The van der Waals surface area contributed by atoms with E-state index in [1.54, 1.807) is 60.7 Å². The Kier molecular flexibility index (Phi) is 7.19. The van der Waals surface area contributed by atoms with Crippen LogP contribution in [0, 0.1) is 10.1 Å². The molecule has 1 unspecified atom stereocenters. The van der Waals surface area contributed by atoms with E-state index in [2.05, 4.69) is 10.6 Å². The van der Waals surface area contributed by atoms with Gasteiger partial charge in [-0.05, 0) is 52.6 Å². The molecule has 1 atom stereocenters. The van der Waals surface area contributed by atoms with Gasteiger partial charge in [-0.25, -0.2) is 0 Å².